The first-order valence-electron chi connectivity index (χ1n) is 11.3. The van der Waals surface area contributed by atoms with E-state index in [1.807, 2.05) is 24.3 Å². The van der Waals surface area contributed by atoms with Crippen molar-refractivity contribution in [3.8, 4) is 17.2 Å². The fourth-order valence-electron chi connectivity index (χ4n) is 4.20. The minimum Gasteiger partial charge on any atom is -0.497 e. The van der Waals surface area contributed by atoms with Gasteiger partial charge in [0.15, 0.2) is 5.58 Å². The van der Waals surface area contributed by atoms with Gasteiger partial charge in [0.1, 0.15) is 11.3 Å². The molecule has 0 atom stereocenters. The van der Waals surface area contributed by atoms with Gasteiger partial charge in [-0.2, -0.15) is 4.31 Å². The number of anilines is 1. The lowest BCUT2D eigenvalue weighted by Gasteiger charge is -2.30. The number of hydrogen-bond donors (Lipinski definition) is 1. The lowest BCUT2D eigenvalue weighted by atomic mass is 9.97. The van der Waals surface area contributed by atoms with Crippen molar-refractivity contribution in [3.63, 3.8) is 0 Å². The maximum atomic E-state index is 12.9. The summed E-state index contributed by atoms with van der Waals surface area (Å²) in [5, 5.41) is 2.94. The third kappa shape index (κ3) is 4.78. The van der Waals surface area contributed by atoms with E-state index in [0.29, 0.717) is 48.6 Å². The number of carbonyl (C=O) groups excluding carboxylic acids is 1. The maximum absolute atomic E-state index is 12.9. The smallest absolute Gasteiger partial charge is 0.243 e. The van der Waals surface area contributed by atoms with Crippen molar-refractivity contribution < 1.29 is 22.4 Å². The van der Waals surface area contributed by atoms with Crippen LogP contribution in [0.3, 0.4) is 0 Å². The molecule has 1 aliphatic heterocycles. The molecule has 5 rings (SSSR count). The molecule has 35 heavy (non-hydrogen) atoms. The van der Waals surface area contributed by atoms with Crippen molar-refractivity contribution in [2.45, 2.75) is 17.7 Å². The van der Waals surface area contributed by atoms with Gasteiger partial charge in [0, 0.05) is 36.3 Å². The monoisotopic (exact) mass is 491 g/mol. The van der Waals surface area contributed by atoms with Crippen molar-refractivity contribution in [2.24, 2.45) is 5.92 Å². The Morgan fingerprint density at radius 1 is 1.03 bits per heavy atom. The lowest BCUT2D eigenvalue weighted by molar-refractivity contribution is -0.120. The number of carbonyl (C=O) groups is 1. The van der Waals surface area contributed by atoms with Crippen LogP contribution in [0, 0.1) is 5.92 Å². The highest BCUT2D eigenvalue weighted by Gasteiger charge is 2.32. The minimum absolute atomic E-state index is 0.129. The Morgan fingerprint density at radius 3 is 2.43 bits per heavy atom. The molecule has 1 N–H and O–H groups in total. The van der Waals surface area contributed by atoms with Crippen molar-refractivity contribution in [1.29, 1.82) is 0 Å². The first-order valence-corrected chi connectivity index (χ1v) is 12.8. The Bertz CT molecular complexity index is 1440. The summed E-state index contributed by atoms with van der Waals surface area (Å²) in [4.78, 5) is 17.7. The van der Waals surface area contributed by atoms with Crippen LogP contribution in [0.2, 0.25) is 0 Å². The topological polar surface area (TPSA) is 102 Å². The van der Waals surface area contributed by atoms with Crippen LogP contribution in [0.15, 0.2) is 82.1 Å². The molecule has 3 aromatic carbocycles. The molecule has 4 aromatic rings. The number of oxazole rings is 1. The van der Waals surface area contributed by atoms with Crippen LogP contribution in [0.5, 0.6) is 5.75 Å². The Hall–Kier alpha value is -3.69. The molecule has 0 spiro atoms. The maximum Gasteiger partial charge on any atom is 0.243 e. The molecule has 2 heterocycles. The first-order chi connectivity index (χ1) is 16.9. The fourth-order valence-corrected chi connectivity index (χ4v) is 5.69. The van der Waals surface area contributed by atoms with Gasteiger partial charge in [-0.05, 0) is 61.4 Å². The van der Waals surface area contributed by atoms with Crippen molar-refractivity contribution >= 4 is 32.7 Å². The van der Waals surface area contributed by atoms with E-state index >= 15 is 0 Å². The van der Waals surface area contributed by atoms with E-state index in [0.717, 1.165) is 11.3 Å². The standard InChI is InChI=1S/C26H25N3O5S/c1-33-21-10-7-19(8-11-21)26-28-23-12-9-20(17-24(23)34-26)27-25(30)18-13-15-29(16-14-18)35(31,32)22-5-3-2-4-6-22/h2-12,17-18H,13-16H2,1H3,(H,27,30). The fraction of sp³-hybridized carbons (Fsp3) is 0.231. The Morgan fingerprint density at radius 2 is 1.74 bits per heavy atom. The molecule has 0 radical (unpaired) electrons. The van der Waals surface area contributed by atoms with Crippen LogP contribution < -0.4 is 10.1 Å². The Kier molecular flexibility index (Phi) is 6.27. The van der Waals surface area contributed by atoms with E-state index in [1.54, 1.807) is 55.6 Å². The zero-order valence-electron chi connectivity index (χ0n) is 19.2. The lowest BCUT2D eigenvalue weighted by Crippen LogP contribution is -2.41. The normalized spacial score (nSPS) is 15.2. The summed E-state index contributed by atoms with van der Waals surface area (Å²) >= 11 is 0. The number of rotatable bonds is 6. The second kappa shape index (κ2) is 9.52. The van der Waals surface area contributed by atoms with E-state index in [-0.39, 0.29) is 16.7 Å². The van der Waals surface area contributed by atoms with E-state index in [4.69, 9.17) is 9.15 Å². The van der Waals surface area contributed by atoms with Gasteiger partial charge in [-0.1, -0.05) is 18.2 Å². The minimum atomic E-state index is -3.54. The molecule has 0 aliphatic carbocycles. The molecule has 0 bridgehead atoms. The zero-order chi connectivity index (χ0) is 24.4. The molecule has 0 saturated carbocycles. The number of nitrogens with zero attached hydrogens (tertiary/aromatic N) is 2. The highest BCUT2D eigenvalue weighted by molar-refractivity contribution is 7.89. The van der Waals surface area contributed by atoms with E-state index < -0.39 is 10.0 Å². The number of amides is 1. The molecule has 0 unspecified atom stereocenters. The first kappa shape index (κ1) is 23.1. The van der Waals surface area contributed by atoms with Gasteiger partial charge in [-0.25, -0.2) is 13.4 Å². The number of nitrogens with one attached hydrogen (secondary N) is 1. The molecule has 1 saturated heterocycles. The van der Waals surface area contributed by atoms with E-state index in [9.17, 15) is 13.2 Å². The average molecular weight is 492 g/mol. The molecule has 1 amide bonds. The summed E-state index contributed by atoms with van der Waals surface area (Å²) in [6.07, 6.45) is 0.925. The van der Waals surface area contributed by atoms with Gasteiger partial charge in [-0.3, -0.25) is 4.79 Å². The van der Waals surface area contributed by atoms with Crippen LogP contribution >= 0.6 is 0 Å². The average Bonchev–Trinajstić information content (AvgIpc) is 3.33. The number of methoxy groups -OCH3 is 1. The summed E-state index contributed by atoms with van der Waals surface area (Å²) in [6.45, 7) is 0.614. The molecular weight excluding hydrogens is 466 g/mol. The van der Waals surface area contributed by atoms with Gasteiger partial charge >= 0.3 is 0 Å². The van der Waals surface area contributed by atoms with Gasteiger partial charge in [0.25, 0.3) is 0 Å². The molecule has 8 nitrogen and oxygen atoms in total. The largest absolute Gasteiger partial charge is 0.497 e. The number of fused-ring (bicyclic) bond motifs is 1. The second-order valence-electron chi connectivity index (χ2n) is 8.41. The summed E-state index contributed by atoms with van der Waals surface area (Å²) in [7, 11) is -1.93. The quantitative estimate of drug-likeness (QED) is 0.425. The molecule has 1 aliphatic rings. The van der Waals surface area contributed by atoms with Gasteiger partial charge < -0.3 is 14.5 Å². The molecular formula is C26H25N3O5S. The summed E-state index contributed by atoms with van der Waals surface area (Å²) in [5.41, 5.74) is 2.69. The van der Waals surface area contributed by atoms with Crippen molar-refractivity contribution in [3.05, 3.63) is 72.8 Å². The van der Waals surface area contributed by atoms with Crippen LogP contribution in [0.4, 0.5) is 5.69 Å². The predicted octanol–water partition coefficient (Wildman–Crippen LogP) is 4.54. The van der Waals surface area contributed by atoms with Crippen LogP contribution in [0.25, 0.3) is 22.6 Å². The summed E-state index contributed by atoms with van der Waals surface area (Å²) in [5.74, 6) is 0.838. The molecule has 1 aromatic heterocycles. The highest BCUT2D eigenvalue weighted by atomic mass is 32.2. The number of sulfonamides is 1. The molecule has 180 valence electrons. The van der Waals surface area contributed by atoms with E-state index in [1.165, 1.54) is 4.31 Å². The second-order valence-corrected chi connectivity index (χ2v) is 10.3. The highest BCUT2D eigenvalue weighted by Crippen LogP contribution is 2.29. The Labute approximate surface area is 203 Å². The summed E-state index contributed by atoms with van der Waals surface area (Å²) in [6, 6.07) is 21.1. The van der Waals surface area contributed by atoms with Crippen LogP contribution in [0.1, 0.15) is 12.8 Å². The number of benzene rings is 3. The third-order valence-electron chi connectivity index (χ3n) is 6.20. The number of aromatic nitrogens is 1. The number of hydrogen-bond acceptors (Lipinski definition) is 6. The van der Waals surface area contributed by atoms with E-state index in [2.05, 4.69) is 10.3 Å². The third-order valence-corrected chi connectivity index (χ3v) is 8.11. The Balaban J connectivity index is 1.23. The number of ether oxygens (including phenoxy) is 1. The van der Waals surface area contributed by atoms with Crippen LogP contribution in [-0.2, 0) is 14.8 Å². The molecule has 9 heteroatoms. The molecule has 1 fully saturated rings. The summed E-state index contributed by atoms with van der Waals surface area (Å²) < 4.78 is 38.2. The van der Waals surface area contributed by atoms with Gasteiger partial charge in [0.2, 0.25) is 21.8 Å². The SMILES string of the molecule is COc1ccc(-c2nc3ccc(NC(=O)C4CCN(S(=O)(=O)c5ccccc5)CC4)cc3o2)cc1. The van der Waals surface area contributed by atoms with Gasteiger partial charge in [-0.15, -0.1) is 0 Å². The number of piperidine rings is 1. The van der Waals surface area contributed by atoms with Crippen LogP contribution in [-0.4, -0.2) is 43.8 Å². The van der Waals surface area contributed by atoms with Crippen molar-refractivity contribution in [1.82, 2.24) is 9.29 Å². The van der Waals surface area contributed by atoms with Crippen molar-refractivity contribution in [2.75, 3.05) is 25.5 Å². The van der Waals surface area contributed by atoms with Gasteiger partial charge in [0.05, 0.1) is 12.0 Å². The zero-order valence-corrected chi connectivity index (χ0v) is 20.0. The predicted molar refractivity (Wildman–Crippen MR) is 133 cm³/mol.